The molecule has 0 N–H and O–H groups in total. The molecule has 0 nitrogen and oxygen atoms in total. The zero-order valence-electron chi connectivity index (χ0n) is 4.45. The SMILES string of the molecule is CCC[CH2][SnH]([I])[I]. The molecule has 0 aliphatic carbocycles. The normalized spacial score (nSPS) is 10.3. The van der Waals surface area contributed by atoms with Crippen LogP contribution < -0.4 is 0 Å². The zero-order valence-corrected chi connectivity index (χ0v) is 12.1. The first kappa shape index (κ1) is 9.26. The number of rotatable bonds is 3. The summed E-state index contributed by atoms with van der Waals surface area (Å²) in [5.41, 5.74) is 0. The van der Waals surface area contributed by atoms with E-state index in [0.29, 0.717) is 0 Å². The molecule has 7 heavy (non-hydrogen) atoms. The molecule has 0 rings (SSSR count). The van der Waals surface area contributed by atoms with Crippen LogP contribution in [0.3, 0.4) is 0 Å². The van der Waals surface area contributed by atoms with Crippen molar-refractivity contribution in [2.75, 3.05) is 0 Å². The minimum absolute atomic E-state index is 0.807. The first-order valence-electron chi connectivity index (χ1n) is 2.55. The van der Waals surface area contributed by atoms with Crippen LogP contribution in [0.1, 0.15) is 19.8 Å². The van der Waals surface area contributed by atoms with Crippen molar-refractivity contribution >= 4 is 49.1 Å². The third kappa shape index (κ3) is 8.26. The Bertz CT molecular complexity index is 38.7. The fourth-order valence-electron chi connectivity index (χ4n) is 0.358. The molecule has 0 aromatic carbocycles. The van der Waals surface area contributed by atoms with Crippen molar-refractivity contribution in [2.45, 2.75) is 24.2 Å². The van der Waals surface area contributed by atoms with Gasteiger partial charge in [-0.1, -0.05) is 0 Å². The van der Waals surface area contributed by atoms with Crippen LogP contribution in [0.15, 0.2) is 0 Å². The summed E-state index contributed by atoms with van der Waals surface area (Å²) in [6, 6.07) is 0. The summed E-state index contributed by atoms with van der Waals surface area (Å²) in [7, 11) is 0. The molecular formula is C4H10I2Sn. The van der Waals surface area contributed by atoms with Gasteiger partial charge in [0.1, 0.15) is 0 Å². The van der Waals surface area contributed by atoms with Gasteiger partial charge in [-0.2, -0.15) is 0 Å². The molecule has 0 saturated heterocycles. The fraction of sp³-hybridized carbons (Fsp3) is 1.00. The van der Waals surface area contributed by atoms with Crippen LogP contribution in [0.25, 0.3) is 0 Å². The molecule has 0 amide bonds. The second kappa shape index (κ2) is 6.38. The quantitative estimate of drug-likeness (QED) is 0.477. The third-order valence-corrected chi connectivity index (χ3v) is 11.5. The van der Waals surface area contributed by atoms with E-state index in [4.69, 9.17) is 0 Å². The van der Waals surface area contributed by atoms with Crippen LogP contribution in [0.2, 0.25) is 4.44 Å². The number of unbranched alkanes of at least 4 members (excludes halogenated alkanes) is 1. The molecule has 3 heteroatoms. The Balaban J connectivity index is 2.68. The summed E-state index contributed by atoms with van der Waals surface area (Å²) in [5, 5.41) is 0. The van der Waals surface area contributed by atoms with Crippen LogP contribution in [-0.2, 0) is 0 Å². The Labute approximate surface area is 71.9 Å². The maximum atomic E-state index is 2.66. The Kier molecular flexibility index (Phi) is 8.44. The van der Waals surface area contributed by atoms with Gasteiger partial charge in [0.15, 0.2) is 0 Å². The monoisotopic (exact) mass is 432 g/mol. The summed E-state index contributed by atoms with van der Waals surface area (Å²) in [6.45, 7) is 2.27. The third-order valence-electron chi connectivity index (χ3n) is 0.776. The van der Waals surface area contributed by atoms with E-state index in [9.17, 15) is 0 Å². The zero-order chi connectivity index (χ0) is 5.70. The van der Waals surface area contributed by atoms with Gasteiger partial charge in [-0.05, 0) is 0 Å². The molecule has 0 aromatic rings. The van der Waals surface area contributed by atoms with Gasteiger partial charge in [-0.3, -0.25) is 0 Å². The van der Waals surface area contributed by atoms with E-state index in [2.05, 4.69) is 44.2 Å². The van der Waals surface area contributed by atoms with Crippen LogP contribution in [-0.4, -0.2) is 11.8 Å². The first-order chi connectivity index (χ1) is 3.27. The van der Waals surface area contributed by atoms with Crippen molar-refractivity contribution in [3.8, 4) is 0 Å². The summed E-state index contributed by atoms with van der Waals surface area (Å²) >= 11 is 4.52. The average molecular weight is 431 g/mol. The summed E-state index contributed by atoms with van der Waals surface area (Å²) < 4.78 is 1.58. The number of hydrogen-bond acceptors (Lipinski definition) is 0. The van der Waals surface area contributed by atoms with E-state index in [1.807, 2.05) is 0 Å². The van der Waals surface area contributed by atoms with Crippen molar-refractivity contribution < 1.29 is 0 Å². The van der Waals surface area contributed by atoms with E-state index < -0.39 is 11.8 Å². The predicted octanol–water partition coefficient (Wildman–Crippen LogP) is 2.88. The molecule has 44 valence electrons. The van der Waals surface area contributed by atoms with Crippen LogP contribution in [0.5, 0.6) is 0 Å². The van der Waals surface area contributed by atoms with Crippen LogP contribution >= 0.6 is 37.3 Å². The second-order valence-electron chi connectivity index (χ2n) is 1.53. The molecule has 0 heterocycles. The Hall–Kier alpha value is 2.26. The minimum atomic E-state index is -0.807. The molecule has 0 radical (unpaired) electrons. The van der Waals surface area contributed by atoms with Crippen LogP contribution in [0.4, 0.5) is 0 Å². The van der Waals surface area contributed by atoms with E-state index in [0.717, 1.165) is 0 Å². The molecule has 0 aromatic heterocycles. The Morgan fingerprint density at radius 1 is 1.43 bits per heavy atom. The summed E-state index contributed by atoms with van der Waals surface area (Å²) in [4.78, 5) is 0. The van der Waals surface area contributed by atoms with E-state index in [1.165, 1.54) is 12.8 Å². The van der Waals surface area contributed by atoms with Crippen molar-refractivity contribution in [3.63, 3.8) is 0 Å². The summed E-state index contributed by atoms with van der Waals surface area (Å²) in [5.74, 6) is 0. The van der Waals surface area contributed by atoms with E-state index in [1.54, 1.807) is 4.44 Å². The molecule has 0 bridgehead atoms. The molecule has 0 aliphatic heterocycles. The second-order valence-corrected chi connectivity index (χ2v) is 41.6. The van der Waals surface area contributed by atoms with Gasteiger partial charge >= 0.3 is 73.3 Å². The van der Waals surface area contributed by atoms with Gasteiger partial charge < -0.3 is 0 Å². The molecule has 0 aliphatic rings. The molecule has 0 fully saturated rings. The van der Waals surface area contributed by atoms with Crippen LogP contribution in [0, 0.1) is 0 Å². The molecule has 0 atom stereocenters. The predicted molar refractivity (Wildman–Crippen MR) is 54.9 cm³/mol. The van der Waals surface area contributed by atoms with E-state index in [-0.39, 0.29) is 0 Å². The van der Waals surface area contributed by atoms with Crippen molar-refractivity contribution in [1.29, 1.82) is 0 Å². The van der Waals surface area contributed by atoms with Gasteiger partial charge in [0.2, 0.25) is 0 Å². The van der Waals surface area contributed by atoms with E-state index >= 15 is 0 Å². The maximum absolute atomic E-state index is 2.66. The average Bonchev–Trinajstić information content (AvgIpc) is 1.61. The van der Waals surface area contributed by atoms with Crippen molar-refractivity contribution in [3.05, 3.63) is 0 Å². The molecule has 0 spiro atoms. The van der Waals surface area contributed by atoms with Gasteiger partial charge in [0.05, 0.1) is 0 Å². The Morgan fingerprint density at radius 2 is 2.00 bits per heavy atom. The number of hydrogen-bond donors (Lipinski definition) is 0. The Morgan fingerprint density at radius 3 is 2.14 bits per heavy atom. The van der Waals surface area contributed by atoms with Gasteiger partial charge in [0.25, 0.3) is 0 Å². The van der Waals surface area contributed by atoms with Gasteiger partial charge in [0, 0.05) is 0 Å². The molecular weight excluding hydrogens is 421 g/mol. The molecule has 0 unspecified atom stereocenters. The topological polar surface area (TPSA) is 0 Å². The number of halogens is 2. The first-order valence-corrected chi connectivity index (χ1v) is 24.1. The van der Waals surface area contributed by atoms with Gasteiger partial charge in [-0.15, -0.1) is 0 Å². The summed E-state index contributed by atoms with van der Waals surface area (Å²) in [6.07, 6.45) is 2.87. The standard InChI is InChI=1S/C4H9.2HI.Sn.H/c1-3-4-2;;;;/h1,3-4H2,2H3;2*1H;;/q;;;+2;/p-2. The van der Waals surface area contributed by atoms with Crippen molar-refractivity contribution in [1.82, 2.24) is 0 Å². The molecule has 0 saturated carbocycles. The fourth-order valence-corrected chi connectivity index (χ4v) is 8.31. The van der Waals surface area contributed by atoms with Gasteiger partial charge in [-0.25, -0.2) is 0 Å². The van der Waals surface area contributed by atoms with Crippen molar-refractivity contribution in [2.24, 2.45) is 0 Å².